The number of hydrogen-bond donors (Lipinski definition) is 0. The maximum atomic E-state index is 13.3. The van der Waals surface area contributed by atoms with E-state index >= 15 is 0 Å². The molecule has 0 aliphatic carbocycles. The number of carbonyl (C=O) groups is 1. The van der Waals surface area contributed by atoms with Crippen LogP contribution in [0.1, 0.15) is 21.5 Å². The molecule has 5 rings (SSSR count). The molecule has 3 aromatic heterocycles. The fraction of sp³-hybridized carbons (Fsp3) is 0.125. The van der Waals surface area contributed by atoms with Gasteiger partial charge in [-0.05, 0) is 54.6 Å². The van der Waals surface area contributed by atoms with Crippen molar-refractivity contribution in [2.75, 3.05) is 0 Å². The zero-order chi connectivity index (χ0) is 20.8. The van der Waals surface area contributed by atoms with E-state index in [0.29, 0.717) is 10.4 Å². The van der Waals surface area contributed by atoms with Gasteiger partial charge >= 0.3 is 0 Å². The number of rotatable bonds is 2. The summed E-state index contributed by atoms with van der Waals surface area (Å²) >= 11 is 3.16. The molecule has 0 N–H and O–H groups in total. The minimum absolute atomic E-state index is 0.247. The van der Waals surface area contributed by atoms with Crippen LogP contribution in [0.2, 0.25) is 0 Å². The number of nitrogens with zero attached hydrogens (tertiary/aromatic N) is 3. The van der Waals surface area contributed by atoms with E-state index in [0.717, 1.165) is 31.7 Å². The molecule has 4 nitrogen and oxygen atoms in total. The minimum Gasteiger partial charge on any atom is -0.319 e. The van der Waals surface area contributed by atoms with Gasteiger partial charge in [-0.2, -0.15) is 4.99 Å². The number of hydrogen-bond acceptors (Lipinski definition) is 4. The van der Waals surface area contributed by atoms with E-state index in [-0.39, 0.29) is 5.91 Å². The lowest BCUT2D eigenvalue weighted by Gasteiger charge is -2.06. The van der Waals surface area contributed by atoms with Gasteiger partial charge in [0.2, 0.25) is 0 Å². The molecular formula is C24H19N3OS2. The standard InChI is InChI=1S/C24H19N3OS2/c1-14-11-15(2)22-21(12-14)30-24(27(22)3)26-23(28)17-13-19(20-9-6-10-29-20)25-18-8-5-4-7-16(17)18/h4-13H,1-3H3. The summed E-state index contributed by atoms with van der Waals surface area (Å²) in [6.45, 7) is 4.18. The highest BCUT2D eigenvalue weighted by Crippen LogP contribution is 2.28. The maximum absolute atomic E-state index is 13.3. The van der Waals surface area contributed by atoms with Gasteiger partial charge in [-0.15, -0.1) is 11.3 Å². The molecular weight excluding hydrogens is 410 g/mol. The second-order valence-corrected chi connectivity index (χ2v) is 9.30. The van der Waals surface area contributed by atoms with Gasteiger partial charge in [0.05, 0.1) is 31.9 Å². The lowest BCUT2D eigenvalue weighted by Crippen LogP contribution is -2.14. The van der Waals surface area contributed by atoms with E-state index in [1.807, 2.05) is 59.5 Å². The lowest BCUT2D eigenvalue weighted by atomic mass is 10.1. The molecule has 0 aliphatic rings. The van der Waals surface area contributed by atoms with Gasteiger partial charge in [-0.25, -0.2) is 4.98 Å². The van der Waals surface area contributed by atoms with Crippen LogP contribution in [0.3, 0.4) is 0 Å². The summed E-state index contributed by atoms with van der Waals surface area (Å²) in [4.78, 5) is 24.3. The summed E-state index contributed by atoms with van der Waals surface area (Å²) in [7, 11) is 1.97. The third-order valence-corrected chi connectivity index (χ3v) is 7.12. The number of fused-ring (bicyclic) bond motifs is 2. The Morgan fingerprint density at radius 2 is 1.90 bits per heavy atom. The van der Waals surface area contributed by atoms with Crippen molar-refractivity contribution < 1.29 is 4.79 Å². The Labute approximate surface area is 181 Å². The molecule has 1 amide bonds. The van der Waals surface area contributed by atoms with Crippen LogP contribution in [0.5, 0.6) is 0 Å². The molecule has 0 fully saturated rings. The highest BCUT2D eigenvalue weighted by Gasteiger charge is 2.15. The van der Waals surface area contributed by atoms with Crippen molar-refractivity contribution in [3.05, 3.63) is 81.5 Å². The van der Waals surface area contributed by atoms with Gasteiger partial charge in [0.25, 0.3) is 5.91 Å². The first kappa shape index (κ1) is 18.9. The second-order valence-electron chi connectivity index (χ2n) is 7.34. The molecule has 0 saturated heterocycles. The summed E-state index contributed by atoms with van der Waals surface area (Å²) in [5.74, 6) is -0.247. The Morgan fingerprint density at radius 1 is 1.07 bits per heavy atom. The van der Waals surface area contributed by atoms with Gasteiger partial charge in [0.1, 0.15) is 0 Å². The molecule has 0 bridgehead atoms. The Morgan fingerprint density at radius 3 is 2.70 bits per heavy atom. The lowest BCUT2D eigenvalue weighted by molar-refractivity contribution is 0.0999. The summed E-state index contributed by atoms with van der Waals surface area (Å²) in [5, 5.41) is 2.84. The fourth-order valence-corrected chi connectivity index (χ4v) is 5.72. The van der Waals surface area contributed by atoms with E-state index < -0.39 is 0 Å². The van der Waals surface area contributed by atoms with E-state index in [4.69, 9.17) is 4.98 Å². The maximum Gasteiger partial charge on any atom is 0.280 e. The van der Waals surface area contributed by atoms with Crippen LogP contribution in [0.25, 0.3) is 31.7 Å². The fourth-order valence-electron chi connectivity index (χ4n) is 3.84. The smallest absolute Gasteiger partial charge is 0.280 e. The van der Waals surface area contributed by atoms with Crippen molar-refractivity contribution in [2.24, 2.45) is 12.0 Å². The number of benzene rings is 2. The Bertz CT molecular complexity index is 1490. The largest absolute Gasteiger partial charge is 0.319 e. The predicted octanol–water partition coefficient (Wildman–Crippen LogP) is 5.87. The summed E-state index contributed by atoms with van der Waals surface area (Å²) in [5.41, 5.74) is 5.70. The normalized spacial score (nSPS) is 12.2. The molecule has 0 atom stereocenters. The SMILES string of the molecule is Cc1cc(C)c2c(c1)sc(=NC(=O)c1cc(-c3cccs3)nc3ccccc13)n2C. The molecule has 0 saturated carbocycles. The summed E-state index contributed by atoms with van der Waals surface area (Å²) in [6, 6.07) is 17.9. The number of aromatic nitrogens is 2. The van der Waals surface area contributed by atoms with Crippen molar-refractivity contribution in [3.8, 4) is 10.6 Å². The molecule has 0 aliphatic heterocycles. The minimum atomic E-state index is -0.247. The molecule has 0 radical (unpaired) electrons. The molecule has 0 unspecified atom stereocenters. The van der Waals surface area contributed by atoms with Gasteiger partial charge in [-0.1, -0.05) is 41.7 Å². The van der Waals surface area contributed by atoms with Crippen molar-refractivity contribution in [3.63, 3.8) is 0 Å². The Hall–Kier alpha value is -3.09. The number of thiophene rings is 1. The monoisotopic (exact) mass is 429 g/mol. The first-order valence-corrected chi connectivity index (χ1v) is 11.3. The van der Waals surface area contributed by atoms with Gasteiger partial charge < -0.3 is 4.57 Å². The number of thiazole rings is 1. The second kappa shape index (κ2) is 7.31. The molecule has 0 spiro atoms. The van der Waals surface area contributed by atoms with Crippen LogP contribution in [0.4, 0.5) is 0 Å². The summed E-state index contributed by atoms with van der Waals surface area (Å²) < 4.78 is 3.15. The molecule has 30 heavy (non-hydrogen) atoms. The van der Waals surface area contributed by atoms with Crippen LogP contribution in [-0.2, 0) is 7.05 Å². The van der Waals surface area contributed by atoms with E-state index in [9.17, 15) is 4.79 Å². The zero-order valence-electron chi connectivity index (χ0n) is 16.8. The Balaban J connectivity index is 1.71. The van der Waals surface area contributed by atoms with Crippen molar-refractivity contribution >= 4 is 49.7 Å². The summed E-state index contributed by atoms with van der Waals surface area (Å²) in [6.07, 6.45) is 0. The third-order valence-electron chi connectivity index (χ3n) is 5.15. The van der Waals surface area contributed by atoms with Crippen LogP contribution in [0.15, 0.2) is 65.0 Å². The number of amides is 1. The number of pyridine rings is 1. The predicted molar refractivity (Wildman–Crippen MR) is 125 cm³/mol. The van der Waals surface area contributed by atoms with Crippen LogP contribution >= 0.6 is 22.7 Å². The molecule has 5 aromatic rings. The van der Waals surface area contributed by atoms with E-state index in [2.05, 4.69) is 31.0 Å². The highest BCUT2D eigenvalue weighted by molar-refractivity contribution is 7.16. The van der Waals surface area contributed by atoms with Crippen LogP contribution in [0, 0.1) is 13.8 Å². The van der Waals surface area contributed by atoms with Gasteiger partial charge in [-0.3, -0.25) is 4.79 Å². The molecule has 3 heterocycles. The molecule has 2 aromatic carbocycles. The number of aryl methyl sites for hydroxylation is 3. The first-order chi connectivity index (χ1) is 14.5. The number of para-hydroxylation sites is 1. The first-order valence-electron chi connectivity index (χ1n) is 9.61. The average Bonchev–Trinajstić information content (AvgIpc) is 3.36. The topological polar surface area (TPSA) is 47.2 Å². The zero-order valence-corrected chi connectivity index (χ0v) is 18.5. The van der Waals surface area contributed by atoms with Crippen LogP contribution < -0.4 is 4.80 Å². The van der Waals surface area contributed by atoms with Gasteiger partial charge in [0, 0.05) is 12.4 Å². The Kier molecular flexibility index (Phi) is 4.60. The van der Waals surface area contributed by atoms with E-state index in [1.54, 1.807) is 22.7 Å². The average molecular weight is 430 g/mol. The number of carbonyl (C=O) groups excluding carboxylic acids is 1. The third kappa shape index (κ3) is 3.18. The quantitative estimate of drug-likeness (QED) is 0.352. The molecule has 148 valence electrons. The van der Waals surface area contributed by atoms with Crippen molar-refractivity contribution in [1.82, 2.24) is 9.55 Å². The van der Waals surface area contributed by atoms with Crippen molar-refractivity contribution in [2.45, 2.75) is 13.8 Å². The highest BCUT2D eigenvalue weighted by atomic mass is 32.1. The van der Waals surface area contributed by atoms with Crippen LogP contribution in [-0.4, -0.2) is 15.5 Å². The van der Waals surface area contributed by atoms with Gasteiger partial charge in [0.15, 0.2) is 4.80 Å². The molecule has 6 heteroatoms. The van der Waals surface area contributed by atoms with E-state index in [1.165, 1.54) is 11.1 Å². The van der Waals surface area contributed by atoms with Crippen molar-refractivity contribution in [1.29, 1.82) is 0 Å².